The minimum atomic E-state index is -4.56. The Balaban J connectivity index is 1.97. The third kappa shape index (κ3) is 5.07. The van der Waals surface area contributed by atoms with E-state index in [4.69, 9.17) is 4.74 Å². The molecule has 7 heteroatoms. The third-order valence-corrected chi connectivity index (χ3v) is 3.43. The summed E-state index contributed by atoms with van der Waals surface area (Å²) in [6, 6.07) is 11.0. The lowest BCUT2D eigenvalue weighted by Gasteiger charge is -2.11. The molecule has 0 unspecified atom stereocenters. The molecule has 4 nitrogen and oxygen atoms in total. The number of hydrogen-bond acceptors (Lipinski definition) is 3. The molecule has 0 aliphatic heterocycles. The van der Waals surface area contributed by atoms with E-state index >= 15 is 0 Å². The molecule has 0 aromatic heterocycles. The maximum absolute atomic E-state index is 12.6. The van der Waals surface area contributed by atoms with E-state index in [1.165, 1.54) is 6.07 Å². The zero-order valence-corrected chi connectivity index (χ0v) is 13.4. The summed E-state index contributed by atoms with van der Waals surface area (Å²) in [7, 11) is 0. The number of anilines is 1. The van der Waals surface area contributed by atoms with Crippen molar-refractivity contribution in [2.75, 3.05) is 11.9 Å². The fourth-order valence-electron chi connectivity index (χ4n) is 2.17. The van der Waals surface area contributed by atoms with Crippen LogP contribution in [0.15, 0.2) is 48.5 Å². The van der Waals surface area contributed by atoms with Gasteiger partial charge in [-0.3, -0.25) is 4.79 Å². The molecule has 2 aromatic rings. The first-order valence-corrected chi connectivity index (χ1v) is 7.53. The van der Waals surface area contributed by atoms with Gasteiger partial charge in [-0.2, -0.15) is 13.2 Å². The molecule has 0 heterocycles. The fourth-order valence-corrected chi connectivity index (χ4v) is 2.17. The SMILES string of the molecule is CCc1ccccc1NC(=O)COC(=O)c1cccc(C(F)(F)F)c1. The zero-order valence-electron chi connectivity index (χ0n) is 13.4. The van der Waals surface area contributed by atoms with Crippen molar-refractivity contribution in [1.82, 2.24) is 0 Å². The van der Waals surface area contributed by atoms with E-state index in [2.05, 4.69) is 5.32 Å². The molecule has 0 atom stereocenters. The van der Waals surface area contributed by atoms with E-state index in [-0.39, 0.29) is 5.56 Å². The number of rotatable bonds is 5. The van der Waals surface area contributed by atoms with Crippen LogP contribution in [0.4, 0.5) is 18.9 Å². The Morgan fingerprint density at radius 2 is 1.80 bits per heavy atom. The standard InChI is InChI=1S/C18H16F3NO3/c1-2-12-6-3-4-9-15(12)22-16(23)11-25-17(24)13-7-5-8-14(10-13)18(19,20)21/h3-10H,2,11H2,1H3,(H,22,23). The summed E-state index contributed by atoms with van der Waals surface area (Å²) in [5.74, 6) is -1.56. The zero-order chi connectivity index (χ0) is 18.4. The van der Waals surface area contributed by atoms with E-state index in [1.54, 1.807) is 12.1 Å². The van der Waals surface area contributed by atoms with Crippen LogP contribution in [0.1, 0.15) is 28.4 Å². The largest absolute Gasteiger partial charge is 0.452 e. The predicted octanol–water partition coefficient (Wildman–Crippen LogP) is 4.06. The maximum Gasteiger partial charge on any atom is 0.416 e. The van der Waals surface area contributed by atoms with Crippen LogP contribution in [0.3, 0.4) is 0 Å². The first-order chi connectivity index (χ1) is 11.8. The summed E-state index contributed by atoms with van der Waals surface area (Å²) in [6.45, 7) is 1.34. The van der Waals surface area contributed by atoms with Gasteiger partial charge < -0.3 is 10.1 Å². The summed E-state index contributed by atoms with van der Waals surface area (Å²) in [6.07, 6.45) is -3.85. The molecule has 1 N–H and O–H groups in total. The van der Waals surface area contributed by atoms with Crippen LogP contribution in [-0.4, -0.2) is 18.5 Å². The van der Waals surface area contributed by atoms with Gasteiger partial charge in [-0.15, -0.1) is 0 Å². The average molecular weight is 351 g/mol. The van der Waals surface area contributed by atoms with Gasteiger partial charge in [0, 0.05) is 5.69 Å². The van der Waals surface area contributed by atoms with Crippen molar-refractivity contribution >= 4 is 17.6 Å². The summed E-state index contributed by atoms with van der Waals surface area (Å²) in [4.78, 5) is 23.7. The number of carbonyl (C=O) groups excluding carboxylic acids is 2. The van der Waals surface area contributed by atoms with Crippen molar-refractivity contribution in [2.24, 2.45) is 0 Å². The highest BCUT2D eigenvalue weighted by Gasteiger charge is 2.31. The maximum atomic E-state index is 12.6. The highest BCUT2D eigenvalue weighted by molar-refractivity contribution is 5.96. The molecule has 0 aliphatic carbocycles. The highest BCUT2D eigenvalue weighted by atomic mass is 19.4. The number of esters is 1. The van der Waals surface area contributed by atoms with Gasteiger partial charge in [0.2, 0.25) is 0 Å². The Labute approximate surface area is 142 Å². The molecular weight excluding hydrogens is 335 g/mol. The number of ether oxygens (including phenoxy) is 1. The molecule has 0 bridgehead atoms. The van der Waals surface area contributed by atoms with Crippen molar-refractivity contribution < 1.29 is 27.5 Å². The molecule has 0 saturated heterocycles. The fraction of sp³-hybridized carbons (Fsp3) is 0.222. The third-order valence-electron chi connectivity index (χ3n) is 3.43. The van der Waals surface area contributed by atoms with Gasteiger partial charge in [0.15, 0.2) is 6.61 Å². The quantitative estimate of drug-likeness (QED) is 0.827. The summed E-state index contributed by atoms with van der Waals surface area (Å²) < 4.78 is 42.7. The Morgan fingerprint density at radius 1 is 1.08 bits per heavy atom. The van der Waals surface area contributed by atoms with Gasteiger partial charge >= 0.3 is 12.1 Å². The minimum Gasteiger partial charge on any atom is -0.452 e. The van der Waals surface area contributed by atoms with Crippen LogP contribution in [0, 0.1) is 0 Å². The second kappa shape index (κ2) is 7.83. The van der Waals surface area contributed by atoms with E-state index in [0.717, 1.165) is 17.7 Å². The number of benzene rings is 2. The second-order valence-electron chi connectivity index (χ2n) is 5.21. The van der Waals surface area contributed by atoms with Gasteiger partial charge in [0.1, 0.15) is 0 Å². The molecular formula is C18H16F3NO3. The van der Waals surface area contributed by atoms with Crippen molar-refractivity contribution in [2.45, 2.75) is 19.5 Å². The average Bonchev–Trinajstić information content (AvgIpc) is 2.59. The molecule has 0 saturated carbocycles. The van der Waals surface area contributed by atoms with Gasteiger partial charge in [-0.05, 0) is 36.2 Å². The number of hydrogen-bond donors (Lipinski definition) is 1. The molecule has 2 rings (SSSR count). The Morgan fingerprint density at radius 3 is 2.48 bits per heavy atom. The number of para-hydroxylation sites is 1. The Bertz CT molecular complexity index is 772. The van der Waals surface area contributed by atoms with Crippen LogP contribution < -0.4 is 5.32 Å². The van der Waals surface area contributed by atoms with Crippen LogP contribution in [0.25, 0.3) is 0 Å². The van der Waals surface area contributed by atoms with Crippen molar-refractivity contribution in [3.8, 4) is 0 Å². The van der Waals surface area contributed by atoms with Crippen molar-refractivity contribution in [3.05, 3.63) is 65.2 Å². The van der Waals surface area contributed by atoms with Gasteiger partial charge in [-0.25, -0.2) is 4.79 Å². The lowest BCUT2D eigenvalue weighted by Crippen LogP contribution is -2.21. The topological polar surface area (TPSA) is 55.4 Å². The number of nitrogens with one attached hydrogen (secondary N) is 1. The van der Waals surface area contributed by atoms with Crippen LogP contribution in [0.5, 0.6) is 0 Å². The van der Waals surface area contributed by atoms with Gasteiger partial charge in [-0.1, -0.05) is 31.2 Å². The molecule has 1 amide bonds. The van der Waals surface area contributed by atoms with Crippen molar-refractivity contribution in [1.29, 1.82) is 0 Å². The molecule has 0 fully saturated rings. The minimum absolute atomic E-state index is 0.267. The summed E-state index contributed by atoms with van der Waals surface area (Å²) in [5, 5.41) is 2.61. The normalized spacial score (nSPS) is 11.0. The lowest BCUT2D eigenvalue weighted by molar-refractivity contribution is -0.137. The van der Waals surface area contributed by atoms with Crippen LogP contribution in [-0.2, 0) is 22.1 Å². The number of halogens is 3. The second-order valence-corrected chi connectivity index (χ2v) is 5.21. The van der Waals surface area contributed by atoms with E-state index in [0.29, 0.717) is 18.2 Å². The van der Waals surface area contributed by atoms with Crippen LogP contribution in [0.2, 0.25) is 0 Å². The molecule has 0 spiro atoms. The molecule has 0 aliphatic rings. The molecule has 25 heavy (non-hydrogen) atoms. The molecule has 132 valence electrons. The summed E-state index contributed by atoms with van der Waals surface area (Å²) >= 11 is 0. The van der Waals surface area contributed by atoms with Gasteiger partial charge in [0.05, 0.1) is 11.1 Å². The summed E-state index contributed by atoms with van der Waals surface area (Å²) in [5.41, 5.74) is 0.296. The predicted molar refractivity (Wildman–Crippen MR) is 86.2 cm³/mol. The Kier molecular flexibility index (Phi) is 5.80. The lowest BCUT2D eigenvalue weighted by atomic mass is 10.1. The van der Waals surface area contributed by atoms with Crippen LogP contribution >= 0.6 is 0 Å². The number of aryl methyl sites for hydroxylation is 1. The Hall–Kier alpha value is -2.83. The monoisotopic (exact) mass is 351 g/mol. The van der Waals surface area contributed by atoms with E-state index in [1.807, 2.05) is 19.1 Å². The first kappa shape index (κ1) is 18.5. The number of alkyl halides is 3. The smallest absolute Gasteiger partial charge is 0.416 e. The highest BCUT2D eigenvalue weighted by Crippen LogP contribution is 2.29. The van der Waals surface area contributed by atoms with E-state index in [9.17, 15) is 22.8 Å². The number of amides is 1. The number of carbonyl (C=O) groups is 2. The first-order valence-electron chi connectivity index (χ1n) is 7.53. The molecule has 0 radical (unpaired) electrons. The molecule has 2 aromatic carbocycles. The van der Waals surface area contributed by atoms with Gasteiger partial charge in [0.25, 0.3) is 5.91 Å². The van der Waals surface area contributed by atoms with Crippen molar-refractivity contribution in [3.63, 3.8) is 0 Å². The van der Waals surface area contributed by atoms with E-state index < -0.39 is 30.2 Å².